The highest BCUT2D eigenvalue weighted by Gasteiger charge is 2.55. The fourth-order valence-corrected chi connectivity index (χ4v) is 5.18. The predicted octanol–water partition coefficient (Wildman–Crippen LogP) is -0.629. The first-order chi connectivity index (χ1) is 21.5. The third-order valence-electron chi connectivity index (χ3n) is 6.68. The Morgan fingerprint density at radius 1 is 0.587 bits per heavy atom. The zero-order valence-corrected chi connectivity index (χ0v) is 26.8. The molecule has 0 aromatic carbocycles. The predicted molar refractivity (Wildman–Crippen MR) is 152 cm³/mol. The minimum Gasteiger partial charge on any atom is -0.463 e. The van der Waals surface area contributed by atoms with Crippen molar-refractivity contribution in [3.8, 4) is 0 Å². The number of carbonyl (C=O) groups is 7. The molecule has 17 nitrogen and oxygen atoms in total. The van der Waals surface area contributed by atoms with Crippen molar-refractivity contribution in [3.63, 3.8) is 0 Å². The summed E-state index contributed by atoms with van der Waals surface area (Å²) in [5.41, 5.74) is 0. The summed E-state index contributed by atoms with van der Waals surface area (Å²) in [7, 11) is 0. The standard InChI is InChI=1S/C29H42N2O15/c1-9-10-20-23(30-13(2)32)27(42-18(7)37)26(21(44-20)11-39-15(4)34)46-29-24(31-14(3)33)28(43-19(8)38)25(41-17(6)36)22(45-29)12-40-16(5)35/h9,20-29H,1,10-12H2,2-8H3,(H,30,32)(H,31,33)/t20-,21?,22?,23?,24?,25-,26-,27?,28?,29+/m1/s1. The lowest BCUT2D eigenvalue weighted by molar-refractivity contribution is -0.317. The molecule has 2 amide bonds. The minimum atomic E-state index is -1.60. The molecule has 0 spiro atoms. The van der Waals surface area contributed by atoms with E-state index in [-0.39, 0.29) is 6.42 Å². The van der Waals surface area contributed by atoms with Gasteiger partial charge in [-0.05, 0) is 6.42 Å². The van der Waals surface area contributed by atoms with Crippen LogP contribution in [0.1, 0.15) is 54.9 Å². The van der Waals surface area contributed by atoms with Crippen molar-refractivity contribution >= 4 is 41.7 Å². The number of hydrogen-bond donors (Lipinski definition) is 2. The summed E-state index contributed by atoms with van der Waals surface area (Å²) in [6, 6.07) is -2.40. The van der Waals surface area contributed by atoms with Gasteiger partial charge in [-0.25, -0.2) is 0 Å². The van der Waals surface area contributed by atoms with Crippen LogP contribution in [0, 0.1) is 0 Å². The minimum absolute atomic E-state index is 0.170. The van der Waals surface area contributed by atoms with Crippen LogP contribution in [-0.4, -0.2) is 116 Å². The topological polar surface area (TPSA) is 217 Å². The summed E-state index contributed by atoms with van der Waals surface area (Å²) < 4.78 is 45.6. The average molecular weight is 659 g/mol. The van der Waals surface area contributed by atoms with E-state index in [1.807, 2.05) is 0 Å². The first-order valence-corrected chi connectivity index (χ1v) is 14.4. The highest BCUT2D eigenvalue weighted by Crippen LogP contribution is 2.34. The Morgan fingerprint density at radius 3 is 1.46 bits per heavy atom. The SMILES string of the molecule is C=CC[C@H]1OC(COC(C)=O)[C@@H](O[C@@H]2OC(COC(C)=O)[C@@H](OC(C)=O)C(OC(C)=O)C2NC(C)=O)C(OC(C)=O)C1NC(C)=O. The van der Waals surface area contributed by atoms with E-state index in [1.165, 1.54) is 19.9 Å². The van der Waals surface area contributed by atoms with Crippen molar-refractivity contribution in [2.45, 2.75) is 116 Å². The molecular formula is C29H42N2O15. The largest absolute Gasteiger partial charge is 0.463 e. The number of amides is 2. The maximum absolute atomic E-state index is 12.4. The van der Waals surface area contributed by atoms with Gasteiger partial charge in [0.25, 0.3) is 0 Å². The Morgan fingerprint density at radius 2 is 1.02 bits per heavy atom. The first-order valence-electron chi connectivity index (χ1n) is 14.4. The second kappa shape index (κ2) is 17.6. The van der Waals surface area contributed by atoms with E-state index >= 15 is 0 Å². The zero-order chi connectivity index (χ0) is 34.7. The molecule has 0 aromatic heterocycles. The van der Waals surface area contributed by atoms with Crippen molar-refractivity contribution in [2.75, 3.05) is 13.2 Å². The summed E-state index contributed by atoms with van der Waals surface area (Å²) in [4.78, 5) is 84.8. The number of carbonyl (C=O) groups excluding carboxylic acids is 7. The van der Waals surface area contributed by atoms with Gasteiger partial charge in [0.2, 0.25) is 11.8 Å². The summed E-state index contributed by atoms with van der Waals surface area (Å²) in [5, 5.41) is 5.28. The quantitative estimate of drug-likeness (QED) is 0.143. The molecule has 0 radical (unpaired) electrons. The van der Waals surface area contributed by atoms with Crippen LogP contribution in [-0.2, 0) is 71.5 Å². The van der Waals surface area contributed by atoms with Gasteiger partial charge >= 0.3 is 29.8 Å². The van der Waals surface area contributed by atoms with Crippen LogP contribution in [0.2, 0.25) is 0 Å². The average Bonchev–Trinajstić information content (AvgIpc) is 2.91. The second-order valence-corrected chi connectivity index (χ2v) is 10.7. The molecule has 2 fully saturated rings. The molecule has 46 heavy (non-hydrogen) atoms. The van der Waals surface area contributed by atoms with Crippen LogP contribution < -0.4 is 10.6 Å². The highest BCUT2D eigenvalue weighted by molar-refractivity contribution is 5.74. The normalized spacial score (nSPS) is 30.5. The van der Waals surface area contributed by atoms with Crippen LogP contribution in [0.3, 0.4) is 0 Å². The summed E-state index contributed by atoms with van der Waals surface area (Å²) >= 11 is 0. The van der Waals surface area contributed by atoms with Gasteiger partial charge in [0.15, 0.2) is 24.6 Å². The lowest BCUT2D eigenvalue weighted by Gasteiger charge is -2.49. The Kier molecular flexibility index (Phi) is 14.5. The molecule has 0 aliphatic carbocycles. The van der Waals surface area contributed by atoms with Gasteiger partial charge < -0.3 is 48.5 Å². The van der Waals surface area contributed by atoms with Crippen molar-refractivity contribution in [1.29, 1.82) is 0 Å². The lowest BCUT2D eigenvalue weighted by atomic mass is 9.90. The summed E-state index contributed by atoms with van der Waals surface area (Å²) in [5.74, 6) is -4.89. The molecule has 6 unspecified atom stereocenters. The number of esters is 5. The second-order valence-electron chi connectivity index (χ2n) is 10.7. The molecule has 258 valence electrons. The number of nitrogens with one attached hydrogen (secondary N) is 2. The smallest absolute Gasteiger partial charge is 0.303 e. The first kappa shape index (κ1) is 38.1. The molecule has 0 aromatic rings. The molecule has 2 rings (SSSR count). The summed E-state index contributed by atoms with van der Waals surface area (Å²) in [6.45, 7) is 10.8. The molecule has 2 aliphatic rings. The third kappa shape index (κ3) is 11.4. The van der Waals surface area contributed by atoms with E-state index in [9.17, 15) is 33.6 Å². The molecule has 0 saturated carbocycles. The van der Waals surface area contributed by atoms with Gasteiger partial charge in [0.1, 0.15) is 37.6 Å². The third-order valence-corrected chi connectivity index (χ3v) is 6.68. The van der Waals surface area contributed by atoms with E-state index in [0.717, 1.165) is 34.6 Å². The molecule has 10 atom stereocenters. The van der Waals surface area contributed by atoms with Gasteiger partial charge in [-0.2, -0.15) is 0 Å². The van der Waals surface area contributed by atoms with Crippen molar-refractivity contribution < 1.29 is 71.5 Å². The maximum atomic E-state index is 12.4. The monoisotopic (exact) mass is 658 g/mol. The van der Waals surface area contributed by atoms with Crippen molar-refractivity contribution in [2.24, 2.45) is 0 Å². The van der Waals surface area contributed by atoms with Gasteiger partial charge in [-0.15, -0.1) is 6.58 Å². The Bertz CT molecular complexity index is 1160. The van der Waals surface area contributed by atoms with E-state index in [1.54, 1.807) is 0 Å². The van der Waals surface area contributed by atoms with Crippen LogP contribution in [0.15, 0.2) is 12.7 Å². The fraction of sp³-hybridized carbons (Fsp3) is 0.690. The molecule has 2 N–H and O–H groups in total. The van der Waals surface area contributed by atoms with E-state index in [0.29, 0.717) is 0 Å². The van der Waals surface area contributed by atoms with Crippen LogP contribution >= 0.6 is 0 Å². The number of hydrogen-bond acceptors (Lipinski definition) is 15. The molecule has 2 heterocycles. The van der Waals surface area contributed by atoms with Gasteiger partial charge in [0.05, 0.1) is 12.1 Å². The zero-order valence-electron chi connectivity index (χ0n) is 26.8. The Hall–Kier alpha value is -4.09. The number of rotatable bonds is 13. The fourth-order valence-electron chi connectivity index (χ4n) is 5.18. The van der Waals surface area contributed by atoms with E-state index in [2.05, 4.69) is 17.2 Å². The summed E-state index contributed by atoms with van der Waals surface area (Å²) in [6.07, 6.45) is -8.73. The number of ether oxygens (including phenoxy) is 8. The maximum Gasteiger partial charge on any atom is 0.303 e. The van der Waals surface area contributed by atoms with Crippen LogP contribution in [0.4, 0.5) is 0 Å². The van der Waals surface area contributed by atoms with Crippen molar-refractivity contribution in [1.82, 2.24) is 10.6 Å². The molecule has 2 aliphatic heterocycles. The van der Waals surface area contributed by atoms with E-state index in [4.69, 9.17) is 37.9 Å². The van der Waals surface area contributed by atoms with E-state index < -0.39 is 116 Å². The Balaban J connectivity index is 2.71. The van der Waals surface area contributed by atoms with Gasteiger partial charge in [-0.1, -0.05) is 6.08 Å². The molecule has 2 saturated heterocycles. The van der Waals surface area contributed by atoms with Crippen molar-refractivity contribution in [3.05, 3.63) is 12.7 Å². The van der Waals surface area contributed by atoms with Crippen LogP contribution in [0.5, 0.6) is 0 Å². The molecule has 0 bridgehead atoms. The Labute approximate surface area is 265 Å². The van der Waals surface area contributed by atoms with Crippen LogP contribution in [0.25, 0.3) is 0 Å². The highest BCUT2D eigenvalue weighted by atomic mass is 16.7. The van der Waals surface area contributed by atoms with Gasteiger partial charge in [-0.3, -0.25) is 33.6 Å². The lowest BCUT2D eigenvalue weighted by Crippen LogP contribution is -2.70. The van der Waals surface area contributed by atoms with Gasteiger partial charge in [0, 0.05) is 48.5 Å². The molecular weight excluding hydrogens is 616 g/mol. The molecule has 17 heteroatoms.